The van der Waals surface area contributed by atoms with E-state index < -0.39 is 6.10 Å². The molecule has 1 aromatic heterocycles. The average Bonchev–Trinajstić information content (AvgIpc) is 2.85. The van der Waals surface area contributed by atoms with Gasteiger partial charge in [-0.15, -0.1) is 0 Å². The van der Waals surface area contributed by atoms with Gasteiger partial charge in [0.2, 0.25) is 0 Å². The van der Waals surface area contributed by atoms with Gasteiger partial charge in [-0.25, -0.2) is 0 Å². The SMILES string of the molecule is COc1ccc(CN2C(=O)[C@H](O)C[C@@H]2c2cccnc2)cc1. The Labute approximate surface area is 129 Å². The van der Waals surface area contributed by atoms with Crippen molar-refractivity contribution in [3.63, 3.8) is 0 Å². The molecule has 0 bridgehead atoms. The van der Waals surface area contributed by atoms with Crippen LogP contribution in [0.15, 0.2) is 48.8 Å². The number of nitrogens with zero attached hydrogens (tertiary/aromatic N) is 2. The lowest BCUT2D eigenvalue weighted by molar-refractivity contribution is -0.135. The molecule has 22 heavy (non-hydrogen) atoms. The first-order valence-electron chi connectivity index (χ1n) is 7.20. The minimum absolute atomic E-state index is 0.140. The molecule has 2 atom stereocenters. The van der Waals surface area contributed by atoms with Crippen molar-refractivity contribution in [2.24, 2.45) is 0 Å². The summed E-state index contributed by atoms with van der Waals surface area (Å²) < 4.78 is 5.14. The van der Waals surface area contributed by atoms with Crippen LogP contribution in [0.4, 0.5) is 0 Å². The van der Waals surface area contributed by atoms with Crippen molar-refractivity contribution in [1.82, 2.24) is 9.88 Å². The van der Waals surface area contributed by atoms with E-state index in [0.29, 0.717) is 13.0 Å². The number of rotatable bonds is 4. The molecule has 0 radical (unpaired) electrons. The van der Waals surface area contributed by atoms with E-state index in [0.717, 1.165) is 16.9 Å². The Hall–Kier alpha value is -2.40. The maximum Gasteiger partial charge on any atom is 0.252 e. The first-order chi connectivity index (χ1) is 10.7. The van der Waals surface area contributed by atoms with Crippen LogP contribution in [-0.4, -0.2) is 34.1 Å². The number of methoxy groups -OCH3 is 1. The molecule has 5 nitrogen and oxygen atoms in total. The first kappa shape index (κ1) is 14.5. The smallest absolute Gasteiger partial charge is 0.252 e. The fourth-order valence-corrected chi connectivity index (χ4v) is 2.79. The number of aromatic nitrogens is 1. The highest BCUT2D eigenvalue weighted by atomic mass is 16.5. The Morgan fingerprint density at radius 1 is 1.32 bits per heavy atom. The van der Waals surface area contributed by atoms with Gasteiger partial charge in [-0.3, -0.25) is 9.78 Å². The van der Waals surface area contributed by atoms with Crippen LogP contribution in [0.5, 0.6) is 5.75 Å². The van der Waals surface area contributed by atoms with E-state index in [9.17, 15) is 9.90 Å². The van der Waals surface area contributed by atoms with Crippen LogP contribution in [0.25, 0.3) is 0 Å². The molecule has 0 spiro atoms. The Morgan fingerprint density at radius 2 is 2.09 bits per heavy atom. The fourth-order valence-electron chi connectivity index (χ4n) is 2.79. The molecule has 0 aliphatic carbocycles. The molecule has 1 aliphatic rings. The third-order valence-corrected chi connectivity index (χ3v) is 3.97. The summed E-state index contributed by atoms with van der Waals surface area (Å²) in [5.41, 5.74) is 1.94. The second-order valence-corrected chi connectivity index (χ2v) is 5.37. The predicted octanol–water partition coefficient (Wildman–Crippen LogP) is 1.92. The van der Waals surface area contributed by atoms with Crippen molar-refractivity contribution in [3.05, 3.63) is 59.9 Å². The molecule has 5 heteroatoms. The van der Waals surface area contributed by atoms with E-state index in [1.54, 1.807) is 24.4 Å². The van der Waals surface area contributed by atoms with Crippen molar-refractivity contribution in [1.29, 1.82) is 0 Å². The molecule has 1 saturated heterocycles. The minimum atomic E-state index is -0.941. The number of carbonyl (C=O) groups is 1. The van der Waals surface area contributed by atoms with Gasteiger partial charge in [0.15, 0.2) is 0 Å². The summed E-state index contributed by atoms with van der Waals surface area (Å²) in [6, 6.07) is 11.2. The largest absolute Gasteiger partial charge is 0.497 e. The molecule has 1 aromatic carbocycles. The molecule has 1 fully saturated rings. The van der Waals surface area contributed by atoms with Gasteiger partial charge in [0.1, 0.15) is 11.9 Å². The van der Waals surface area contributed by atoms with Crippen molar-refractivity contribution in [2.75, 3.05) is 7.11 Å². The van der Waals surface area contributed by atoms with Crippen LogP contribution in [-0.2, 0) is 11.3 Å². The van der Waals surface area contributed by atoms with Gasteiger partial charge in [0.25, 0.3) is 5.91 Å². The molecule has 3 rings (SSSR count). The molecule has 1 amide bonds. The molecule has 1 N–H and O–H groups in total. The third-order valence-electron chi connectivity index (χ3n) is 3.97. The summed E-state index contributed by atoms with van der Waals surface area (Å²) in [4.78, 5) is 18.1. The zero-order valence-corrected chi connectivity index (χ0v) is 12.3. The molecular weight excluding hydrogens is 280 g/mol. The van der Waals surface area contributed by atoms with Gasteiger partial charge in [0, 0.05) is 25.4 Å². The third kappa shape index (κ3) is 2.80. The number of hydrogen-bond acceptors (Lipinski definition) is 4. The Bertz CT molecular complexity index is 643. The number of ether oxygens (including phenoxy) is 1. The predicted molar refractivity (Wildman–Crippen MR) is 81.1 cm³/mol. The molecule has 0 saturated carbocycles. The number of pyridine rings is 1. The van der Waals surface area contributed by atoms with Gasteiger partial charge in [-0.1, -0.05) is 18.2 Å². The van der Waals surface area contributed by atoms with E-state index in [1.165, 1.54) is 0 Å². The van der Waals surface area contributed by atoms with Crippen LogP contribution in [0.3, 0.4) is 0 Å². The molecule has 0 unspecified atom stereocenters. The van der Waals surface area contributed by atoms with Crippen LogP contribution in [0.2, 0.25) is 0 Å². The first-order valence-corrected chi connectivity index (χ1v) is 7.20. The molecule has 114 valence electrons. The number of aliphatic hydroxyl groups is 1. The summed E-state index contributed by atoms with van der Waals surface area (Å²) in [5, 5.41) is 9.93. The van der Waals surface area contributed by atoms with E-state index in [2.05, 4.69) is 4.98 Å². The van der Waals surface area contributed by atoms with Gasteiger partial charge < -0.3 is 14.7 Å². The molecule has 2 aromatic rings. The van der Waals surface area contributed by atoms with E-state index >= 15 is 0 Å². The highest BCUT2D eigenvalue weighted by Crippen LogP contribution is 2.34. The summed E-state index contributed by atoms with van der Waals surface area (Å²) in [6.45, 7) is 0.458. The monoisotopic (exact) mass is 298 g/mol. The van der Waals surface area contributed by atoms with Crippen LogP contribution >= 0.6 is 0 Å². The van der Waals surface area contributed by atoms with Crippen molar-refractivity contribution in [3.8, 4) is 5.75 Å². The highest BCUT2D eigenvalue weighted by Gasteiger charge is 2.39. The van der Waals surface area contributed by atoms with E-state index in [1.807, 2.05) is 36.4 Å². The van der Waals surface area contributed by atoms with Crippen molar-refractivity contribution >= 4 is 5.91 Å². The topological polar surface area (TPSA) is 62.7 Å². The molecular formula is C17H18N2O3. The minimum Gasteiger partial charge on any atom is -0.497 e. The number of hydrogen-bond donors (Lipinski definition) is 1. The number of likely N-dealkylation sites (tertiary alicyclic amines) is 1. The standard InChI is InChI=1S/C17H18N2O3/c1-22-14-6-4-12(5-7-14)11-19-15(9-16(20)17(19)21)13-3-2-8-18-10-13/h2-8,10,15-16,20H,9,11H2,1H3/t15-,16-/m1/s1. The van der Waals surface area contributed by atoms with Gasteiger partial charge in [-0.2, -0.15) is 0 Å². The van der Waals surface area contributed by atoms with Crippen LogP contribution in [0.1, 0.15) is 23.6 Å². The highest BCUT2D eigenvalue weighted by molar-refractivity contribution is 5.83. The lowest BCUT2D eigenvalue weighted by Crippen LogP contribution is -2.30. The second-order valence-electron chi connectivity index (χ2n) is 5.37. The maximum absolute atomic E-state index is 12.2. The lowest BCUT2D eigenvalue weighted by Gasteiger charge is -2.24. The van der Waals surface area contributed by atoms with Crippen molar-refractivity contribution in [2.45, 2.75) is 25.1 Å². The van der Waals surface area contributed by atoms with Gasteiger partial charge in [-0.05, 0) is 29.3 Å². The molecule has 1 aliphatic heterocycles. The summed E-state index contributed by atoms with van der Waals surface area (Å²) in [6.07, 6.45) is 2.91. The summed E-state index contributed by atoms with van der Waals surface area (Å²) >= 11 is 0. The summed E-state index contributed by atoms with van der Waals surface area (Å²) in [7, 11) is 1.62. The van der Waals surface area contributed by atoms with Gasteiger partial charge >= 0.3 is 0 Å². The number of benzene rings is 1. The second kappa shape index (κ2) is 6.15. The van der Waals surface area contributed by atoms with Crippen LogP contribution in [0, 0.1) is 0 Å². The average molecular weight is 298 g/mol. The Morgan fingerprint density at radius 3 is 2.73 bits per heavy atom. The number of amides is 1. The zero-order valence-electron chi connectivity index (χ0n) is 12.3. The Kier molecular flexibility index (Phi) is 4.06. The van der Waals surface area contributed by atoms with Crippen LogP contribution < -0.4 is 4.74 Å². The number of carbonyl (C=O) groups excluding carboxylic acids is 1. The Balaban J connectivity index is 1.83. The van der Waals surface area contributed by atoms with E-state index in [-0.39, 0.29) is 11.9 Å². The maximum atomic E-state index is 12.2. The fraction of sp³-hybridized carbons (Fsp3) is 0.294. The van der Waals surface area contributed by atoms with E-state index in [4.69, 9.17) is 4.74 Å². The molecule has 2 heterocycles. The van der Waals surface area contributed by atoms with Crippen molar-refractivity contribution < 1.29 is 14.6 Å². The zero-order chi connectivity index (χ0) is 15.5. The number of aliphatic hydroxyl groups excluding tert-OH is 1. The van der Waals surface area contributed by atoms with Gasteiger partial charge in [0.05, 0.1) is 13.2 Å². The summed E-state index contributed by atoms with van der Waals surface area (Å²) in [5.74, 6) is 0.546. The lowest BCUT2D eigenvalue weighted by atomic mass is 10.1. The quantitative estimate of drug-likeness (QED) is 0.937. The normalized spacial score (nSPS) is 21.2.